The van der Waals surface area contributed by atoms with Crippen molar-refractivity contribution >= 4 is 5.91 Å². The average molecular weight is 337 g/mol. The van der Waals surface area contributed by atoms with Gasteiger partial charge in [0.1, 0.15) is 0 Å². The Hall–Kier alpha value is -2.96. The first-order valence-electron chi connectivity index (χ1n) is 8.50. The van der Waals surface area contributed by atoms with Crippen molar-refractivity contribution < 1.29 is 9.32 Å². The summed E-state index contributed by atoms with van der Waals surface area (Å²) >= 11 is 0. The van der Waals surface area contributed by atoms with Gasteiger partial charge in [-0.05, 0) is 31.0 Å². The molecule has 1 fully saturated rings. The number of carbonyl (C=O) groups excluding carboxylic acids is 1. The molecule has 1 amide bonds. The minimum atomic E-state index is -0.299. The van der Waals surface area contributed by atoms with Gasteiger partial charge in [-0.25, -0.2) is 0 Å². The van der Waals surface area contributed by atoms with Crippen LogP contribution in [0.2, 0.25) is 0 Å². The normalized spacial score (nSPS) is 14.7. The van der Waals surface area contributed by atoms with Gasteiger partial charge in [0.2, 0.25) is 5.76 Å². The van der Waals surface area contributed by atoms with Gasteiger partial charge >= 0.3 is 0 Å². The van der Waals surface area contributed by atoms with E-state index < -0.39 is 0 Å². The number of nitrogens with zero attached hydrogens (tertiary/aromatic N) is 4. The third-order valence-corrected chi connectivity index (χ3v) is 4.48. The van der Waals surface area contributed by atoms with Gasteiger partial charge in [0, 0.05) is 12.3 Å². The number of nitrogens with one attached hydrogen (secondary N) is 1. The van der Waals surface area contributed by atoms with Crippen molar-refractivity contribution in [3.63, 3.8) is 0 Å². The second-order valence-corrected chi connectivity index (χ2v) is 6.18. The molecule has 0 aliphatic heterocycles. The van der Waals surface area contributed by atoms with Gasteiger partial charge in [-0.3, -0.25) is 14.5 Å². The van der Waals surface area contributed by atoms with Gasteiger partial charge in [-0.2, -0.15) is 5.10 Å². The van der Waals surface area contributed by atoms with Crippen molar-refractivity contribution in [3.05, 3.63) is 54.2 Å². The summed E-state index contributed by atoms with van der Waals surface area (Å²) in [7, 11) is 0. The molecule has 3 heterocycles. The predicted molar refractivity (Wildman–Crippen MR) is 90.6 cm³/mol. The molecule has 0 bridgehead atoms. The standard InChI is InChI=1S/C18H19N5O2/c24-18(17-8-10-21-25-17)20-12-13-11-16(15-7-3-4-9-19-15)23(22-13)14-5-1-2-6-14/h3-4,7-11,14H,1-2,5-6,12H2,(H,20,24). The molecule has 3 aromatic rings. The van der Waals surface area contributed by atoms with Crippen LogP contribution in [0.25, 0.3) is 11.4 Å². The Bertz CT molecular complexity index is 836. The molecule has 7 heteroatoms. The van der Waals surface area contributed by atoms with E-state index in [0.29, 0.717) is 12.6 Å². The largest absolute Gasteiger partial charge is 0.351 e. The quantitative estimate of drug-likeness (QED) is 0.773. The fourth-order valence-electron chi connectivity index (χ4n) is 3.26. The van der Waals surface area contributed by atoms with Crippen LogP contribution in [-0.4, -0.2) is 25.8 Å². The molecule has 1 aliphatic carbocycles. The zero-order valence-electron chi connectivity index (χ0n) is 13.8. The van der Waals surface area contributed by atoms with Crippen molar-refractivity contribution in [2.45, 2.75) is 38.3 Å². The van der Waals surface area contributed by atoms with E-state index in [9.17, 15) is 4.79 Å². The monoisotopic (exact) mass is 337 g/mol. The zero-order valence-corrected chi connectivity index (χ0v) is 13.8. The fraction of sp³-hybridized carbons (Fsp3) is 0.333. The van der Waals surface area contributed by atoms with Crippen LogP contribution in [0.3, 0.4) is 0 Å². The molecule has 1 aliphatic rings. The Kier molecular flexibility index (Phi) is 4.28. The molecule has 25 heavy (non-hydrogen) atoms. The molecule has 128 valence electrons. The van der Waals surface area contributed by atoms with E-state index in [2.05, 4.69) is 20.1 Å². The summed E-state index contributed by atoms with van der Waals surface area (Å²) in [6, 6.07) is 9.79. The Morgan fingerprint density at radius 2 is 2.12 bits per heavy atom. The number of hydrogen-bond acceptors (Lipinski definition) is 5. The molecule has 0 spiro atoms. The second kappa shape index (κ2) is 6.88. The summed E-state index contributed by atoms with van der Waals surface area (Å²) in [4.78, 5) is 16.5. The van der Waals surface area contributed by atoms with Gasteiger partial charge in [0.15, 0.2) is 0 Å². The van der Waals surface area contributed by atoms with E-state index >= 15 is 0 Å². The molecule has 0 aromatic carbocycles. The summed E-state index contributed by atoms with van der Waals surface area (Å²) in [5.41, 5.74) is 2.70. The van der Waals surface area contributed by atoms with Crippen LogP contribution in [0.5, 0.6) is 0 Å². The van der Waals surface area contributed by atoms with Crippen LogP contribution >= 0.6 is 0 Å². The lowest BCUT2D eigenvalue weighted by Crippen LogP contribution is -2.22. The Morgan fingerprint density at radius 3 is 2.84 bits per heavy atom. The van der Waals surface area contributed by atoms with Gasteiger partial charge in [-0.1, -0.05) is 24.1 Å². The lowest BCUT2D eigenvalue weighted by Gasteiger charge is -2.13. The highest BCUT2D eigenvalue weighted by atomic mass is 16.5. The van der Waals surface area contributed by atoms with E-state index in [4.69, 9.17) is 9.62 Å². The van der Waals surface area contributed by atoms with E-state index in [-0.39, 0.29) is 11.7 Å². The van der Waals surface area contributed by atoms with Crippen LogP contribution in [0.15, 0.2) is 47.2 Å². The molecule has 0 atom stereocenters. The third-order valence-electron chi connectivity index (χ3n) is 4.48. The summed E-state index contributed by atoms with van der Waals surface area (Å²) in [6.45, 7) is 0.332. The third kappa shape index (κ3) is 3.31. The molecule has 3 aromatic heterocycles. The Labute approximate surface area is 145 Å². The summed E-state index contributed by atoms with van der Waals surface area (Å²) in [5, 5.41) is 11.1. The molecule has 1 saturated carbocycles. The first kappa shape index (κ1) is 15.6. The van der Waals surface area contributed by atoms with E-state index in [1.54, 1.807) is 6.20 Å². The van der Waals surface area contributed by atoms with Gasteiger partial charge in [0.25, 0.3) is 5.91 Å². The van der Waals surface area contributed by atoms with Gasteiger partial charge in [0.05, 0.1) is 35.9 Å². The average Bonchev–Trinajstić information content (AvgIpc) is 3.41. The minimum absolute atomic E-state index is 0.195. The lowest BCUT2D eigenvalue weighted by molar-refractivity contribution is 0.0913. The molecule has 0 unspecified atom stereocenters. The summed E-state index contributed by atoms with van der Waals surface area (Å²) in [5.74, 6) is -0.104. The maximum absolute atomic E-state index is 12.0. The Morgan fingerprint density at radius 1 is 1.24 bits per heavy atom. The maximum Gasteiger partial charge on any atom is 0.290 e. The van der Waals surface area contributed by atoms with Crippen molar-refractivity contribution in [3.8, 4) is 11.4 Å². The van der Waals surface area contributed by atoms with E-state index in [1.807, 2.05) is 24.3 Å². The highest BCUT2D eigenvalue weighted by Gasteiger charge is 2.22. The van der Waals surface area contributed by atoms with Crippen molar-refractivity contribution in [1.29, 1.82) is 0 Å². The highest BCUT2D eigenvalue weighted by Crippen LogP contribution is 2.33. The van der Waals surface area contributed by atoms with E-state index in [1.165, 1.54) is 25.1 Å². The fourth-order valence-corrected chi connectivity index (χ4v) is 3.26. The number of carbonyl (C=O) groups is 1. The summed E-state index contributed by atoms with van der Waals surface area (Å²) < 4.78 is 6.94. The minimum Gasteiger partial charge on any atom is -0.351 e. The van der Waals surface area contributed by atoms with Crippen molar-refractivity contribution in [2.24, 2.45) is 0 Å². The van der Waals surface area contributed by atoms with Crippen LogP contribution in [-0.2, 0) is 6.54 Å². The highest BCUT2D eigenvalue weighted by molar-refractivity contribution is 5.91. The first-order valence-corrected chi connectivity index (χ1v) is 8.50. The first-order chi connectivity index (χ1) is 12.3. The number of amides is 1. The number of hydrogen-bond donors (Lipinski definition) is 1. The molecule has 0 saturated heterocycles. The smallest absolute Gasteiger partial charge is 0.290 e. The molecule has 1 N–H and O–H groups in total. The van der Waals surface area contributed by atoms with Crippen molar-refractivity contribution in [2.75, 3.05) is 0 Å². The molecule has 4 rings (SSSR count). The molecular weight excluding hydrogens is 318 g/mol. The number of aromatic nitrogens is 4. The van der Waals surface area contributed by atoms with Gasteiger partial charge in [-0.15, -0.1) is 0 Å². The lowest BCUT2D eigenvalue weighted by atomic mass is 10.2. The topological polar surface area (TPSA) is 85.8 Å². The maximum atomic E-state index is 12.0. The molecular formula is C18H19N5O2. The van der Waals surface area contributed by atoms with Gasteiger partial charge < -0.3 is 9.84 Å². The Balaban J connectivity index is 1.57. The SMILES string of the molecule is O=C(NCc1cc(-c2ccccn2)n(C2CCCC2)n1)c1ccno1. The van der Waals surface area contributed by atoms with Crippen LogP contribution in [0.1, 0.15) is 48.0 Å². The number of rotatable bonds is 5. The van der Waals surface area contributed by atoms with Crippen LogP contribution in [0.4, 0.5) is 0 Å². The zero-order chi connectivity index (χ0) is 17.1. The summed E-state index contributed by atoms with van der Waals surface area (Å²) in [6.07, 6.45) is 7.94. The van der Waals surface area contributed by atoms with Crippen LogP contribution in [0, 0.1) is 0 Å². The van der Waals surface area contributed by atoms with Crippen molar-refractivity contribution in [1.82, 2.24) is 25.2 Å². The number of pyridine rings is 1. The van der Waals surface area contributed by atoms with E-state index in [0.717, 1.165) is 29.9 Å². The second-order valence-electron chi connectivity index (χ2n) is 6.18. The van der Waals surface area contributed by atoms with Crippen LogP contribution < -0.4 is 5.32 Å². The molecule has 7 nitrogen and oxygen atoms in total. The molecule has 0 radical (unpaired) electrons. The predicted octanol–water partition coefficient (Wildman–Crippen LogP) is 2.98.